The molecule has 0 saturated heterocycles. The molecule has 1 aromatic rings. The topological polar surface area (TPSA) is 63.3 Å². The van der Waals surface area contributed by atoms with Crippen LogP contribution in [-0.4, -0.2) is 16.2 Å². The highest BCUT2D eigenvalue weighted by molar-refractivity contribution is 5.69. The Labute approximate surface area is 112 Å². The average molecular weight is 261 g/mol. The number of carboxylic acids is 1. The van der Waals surface area contributed by atoms with E-state index in [4.69, 9.17) is 9.63 Å². The Balaban J connectivity index is 1.58. The molecule has 4 nitrogen and oxygen atoms in total. The molecule has 1 heterocycles. The van der Waals surface area contributed by atoms with Gasteiger partial charge in [0.2, 0.25) is 0 Å². The molecule has 0 spiro atoms. The molecule has 4 aliphatic rings. The van der Waals surface area contributed by atoms with E-state index in [0.717, 1.165) is 29.4 Å². The fourth-order valence-electron chi connectivity index (χ4n) is 5.11. The molecule has 0 amide bonds. The monoisotopic (exact) mass is 261 g/mol. The van der Waals surface area contributed by atoms with Crippen LogP contribution in [0.3, 0.4) is 0 Å². The van der Waals surface area contributed by atoms with Crippen LogP contribution in [0.4, 0.5) is 0 Å². The normalized spacial score (nSPS) is 39.7. The van der Waals surface area contributed by atoms with Crippen LogP contribution < -0.4 is 0 Å². The second-order valence-corrected chi connectivity index (χ2v) is 6.75. The van der Waals surface area contributed by atoms with Gasteiger partial charge in [-0.25, -0.2) is 0 Å². The van der Waals surface area contributed by atoms with Crippen molar-refractivity contribution in [1.29, 1.82) is 0 Å². The molecule has 1 N–H and O–H groups in total. The van der Waals surface area contributed by atoms with Gasteiger partial charge in [-0.1, -0.05) is 5.16 Å². The predicted molar refractivity (Wildman–Crippen MR) is 67.6 cm³/mol. The number of hydrogen-bond acceptors (Lipinski definition) is 3. The van der Waals surface area contributed by atoms with Gasteiger partial charge in [0, 0.05) is 12.0 Å². The highest BCUT2D eigenvalue weighted by Gasteiger charge is 2.49. The number of carbonyl (C=O) groups is 1. The van der Waals surface area contributed by atoms with Crippen LogP contribution in [0.15, 0.2) is 10.6 Å². The first kappa shape index (κ1) is 11.5. The minimum atomic E-state index is -0.843. The maximum absolute atomic E-state index is 10.7. The van der Waals surface area contributed by atoms with E-state index in [2.05, 4.69) is 5.16 Å². The zero-order valence-corrected chi connectivity index (χ0v) is 10.9. The molecule has 4 saturated carbocycles. The maximum atomic E-state index is 10.7. The summed E-state index contributed by atoms with van der Waals surface area (Å²) in [4.78, 5) is 10.7. The summed E-state index contributed by atoms with van der Waals surface area (Å²) in [6, 6.07) is 1.89. The molecule has 0 atom stereocenters. The van der Waals surface area contributed by atoms with Crippen molar-refractivity contribution in [2.24, 2.45) is 23.7 Å². The van der Waals surface area contributed by atoms with Gasteiger partial charge in [0.1, 0.15) is 5.76 Å². The minimum Gasteiger partial charge on any atom is -0.481 e. The number of nitrogens with zero attached hydrogens (tertiary/aromatic N) is 1. The fraction of sp³-hybridized carbons (Fsp3) is 0.733. The van der Waals surface area contributed by atoms with Crippen LogP contribution >= 0.6 is 0 Å². The first-order chi connectivity index (χ1) is 9.19. The highest BCUT2D eigenvalue weighted by Crippen LogP contribution is 2.59. The largest absolute Gasteiger partial charge is 0.481 e. The van der Waals surface area contributed by atoms with E-state index < -0.39 is 5.97 Å². The molecule has 4 fully saturated rings. The number of carboxylic acid groups (broad SMARTS) is 1. The number of aromatic nitrogens is 1. The Bertz CT molecular complexity index is 479. The summed E-state index contributed by atoms with van der Waals surface area (Å²) in [7, 11) is 0. The standard InChI is InChI=1S/C15H19NO3/c17-14(18)7-12-6-13(19-16-12)15-10-2-8-1-9(4-10)5-11(15)3-8/h6,8-11,15H,1-5,7H2,(H,17,18). The molecule has 19 heavy (non-hydrogen) atoms. The molecule has 102 valence electrons. The Morgan fingerprint density at radius 1 is 1.21 bits per heavy atom. The third kappa shape index (κ3) is 1.88. The van der Waals surface area contributed by atoms with E-state index in [0.29, 0.717) is 11.6 Å². The molecule has 4 bridgehead atoms. The van der Waals surface area contributed by atoms with Gasteiger partial charge in [0.05, 0.1) is 12.1 Å². The van der Waals surface area contributed by atoms with Gasteiger partial charge in [0.15, 0.2) is 0 Å². The van der Waals surface area contributed by atoms with Crippen LogP contribution in [0.2, 0.25) is 0 Å². The first-order valence-corrected chi connectivity index (χ1v) is 7.36. The summed E-state index contributed by atoms with van der Waals surface area (Å²) in [5.74, 6) is 4.00. The lowest BCUT2D eigenvalue weighted by molar-refractivity contribution is -0.136. The van der Waals surface area contributed by atoms with Crippen LogP contribution in [0, 0.1) is 23.7 Å². The van der Waals surface area contributed by atoms with Crippen LogP contribution in [-0.2, 0) is 11.2 Å². The number of hydrogen-bond donors (Lipinski definition) is 1. The van der Waals surface area contributed by atoms with Crippen molar-refractivity contribution in [3.63, 3.8) is 0 Å². The minimum absolute atomic E-state index is 0.0309. The molecule has 0 aromatic carbocycles. The third-order valence-corrected chi connectivity index (χ3v) is 5.46. The van der Waals surface area contributed by atoms with Crippen LogP contribution in [0.25, 0.3) is 0 Å². The maximum Gasteiger partial charge on any atom is 0.309 e. The fourth-order valence-corrected chi connectivity index (χ4v) is 5.11. The second-order valence-electron chi connectivity index (χ2n) is 6.75. The molecule has 4 aliphatic carbocycles. The van der Waals surface area contributed by atoms with Gasteiger partial charge >= 0.3 is 5.97 Å². The molecule has 5 rings (SSSR count). The zero-order valence-electron chi connectivity index (χ0n) is 10.9. The van der Waals surface area contributed by atoms with E-state index in [1.807, 2.05) is 6.07 Å². The van der Waals surface area contributed by atoms with Gasteiger partial charge in [0.25, 0.3) is 0 Å². The van der Waals surface area contributed by atoms with E-state index in [9.17, 15) is 4.79 Å². The highest BCUT2D eigenvalue weighted by atomic mass is 16.5. The van der Waals surface area contributed by atoms with E-state index in [1.54, 1.807) is 0 Å². The lowest BCUT2D eigenvalue weighted by Crippen LogP contribution is -2.43. The Morgan fingerprint density at radius 3 is 2.42 bits per heavy atom. The van der Waals surface area contributed by atoms with Gasteiger partial charge in [-0.3, -0.25) is 4.79 Å². The zero-order chi connectivity index (χ0) is 13.0. The van der Waals surface area contributed by atoms with Crippen molar-refractivity contribution in [2.45, 2.75) is 44.4 Å². The summed E-state index contributed by atoms with van der Waals surface area (Å²) < 4.78 is 5.48. The van der Waals surface area contributed by atoms with Crippen LogP contribution in [0.5, 0.6) is 0 Å². The van der Waals surface area contributed by atoms with E-state index in [-0.39, 0.29) is 6.42 Å². The quantitative estimate of drug-likeness (QED) is 0.908. The van der Waals surface area contributed by atoms with Gasteiger partial charge in [-0.05, 0) is 55.8 Å². The lowest BCUT2D eigenvalue weighted by Gasteiger charge is -2.53. The summed E-state index contributed by atoms with van der Waals surface area (Å²) in [6.07, 6.45) is 6.77. The number of rotatable bonds is 3. The summed E-state index contributed by atoms with van der Waals surface area (Å²) in [5.41, 5.74) is 0.566. The summed E-state index contributed by atoms with van der Waals surface area (Å²) >= 11 is 0. The molecular formula is C15H19NO3. The van der Waals surface area contributed by atoms with Crippen molar-refractivity contribution in [1.82, 2.24) is 5.16 Å². The Kier molecular flexibility index (Phi) is 2.47. The van der Waals surface area contributed by atoms with E-state index in [1.165, 1.54) is 32.1 Å². The van der Waals surface area contributed by atoms with Crippen molar-refractivity contribution >= 4 is 5.97 Å². The average Bonchev–Trinajstić information content (AvgIpc) is 2.75. The Morgan fingerprint density at radius 2 is 1.84 bits per heavy atom. The summed E-state index contributed by atoms with van der Waals surface area (Å²) in [6.45, 7) is 0. The third-order valence-electron chi connectivity index (χ3n) is 5.46. The molecule has 4 heteroatoms. The predicted octanol–water partition coefficient (Wildman–Crippen LogP) is 2.84. The van der Waals surface area contributed by atoms with Gasteiger partial charge in [-0.2, -0.15) is 0 Å². The summed E-state index contributed by atoms with van der Waals surface area (Å²) in [5, 5.41) is 12.7. The van der Waals surface area contributed by atoms with E-state index >= 15 is 0 Å². The lowest BCUT2D eigenvalue weighted by atomic mass is 9.51. The van der Waals surface area contributed by atoms with Gasteiger partial charge in [-0.15, -0.1) is 0 Å². The second kappa shape index (κ2) is 4.09. The Hall–Kier alpha value is -1.32. The van der Waals surface area contributed by atoms with Crippen molar-refractivity contribution in [3.05, 3.63) is 17.5 Å². The SMILES string of the molecule is O=C(O)Cc1cc(C2C3CC4CC(C3)CC2C4)on1. The molecule has 0 aliphatic heterocycles. The van der Waals surface area contributed by atoms with Crippen molar-refractivity contribution in [2.75, 3.05) is 0 Å². The molecule has 1 aromatic heterocycles. The van der Waals surface area contributed by atoms with Crippen LogP contribution in [0.1, 0.15) is 49.5 Å². The van der Waals surface area contributed by atoms with Gasteiger partial charge < -0.3 is 9.63 Å². The number of aliphatic carboxylic acids is 1. The molecule has 0 unspecified atom stereocenters. The smallest absolute Gasteiger partial charge is 0.309 e. The van der Waals surface area contributed by atoms with Crippen molar-refractivity contribution in [3.8, 4) is 0 Å². The van der Waals surface area contributed by atoms with Crippen molar-refractivity contribution < 1.29 is 14.4 Å². The first-order valence-electron chi connectivity index (χ1n) is 7.36. The molecule has 0 radical (unpaired) electrons. The molecular weight excluding hydrogens is 242 g/mol.